The fourth-order valence-corrected chi connectivity index (χ4v) is 9.23. The standard InChI is InChI=1S/C40H68N2O30/c1-9-19(49)24(54)34(36(61)63-9)69-32-18(42-11(3)48)37(65-12(4-43)21(32)51)62-8-16-20(50)23(53)17(41-10(2)47)38(68-16)72-33-22(52)13(5-44)66-40(29(33)59)71-31-15(7-46)67-39(28(58)26(31)56)70-30-14(6-45)64-35(60)27(57)25(30)55/h9,12-40,43-46,49-61H,4-8H2,1-3H3,(H,41,47)(H,42,48)/t9-,12+,13+,14+,15+,16+,17+,18+,19+,20-,21+,22-,23+,24+,25+,26+,27+,28+,29+,30+,31-,32+,33-,34-,35+,36+,37+,38-,39-,40+/m0/s1. The Morgan fingerprint density at radius 2 is 0.847 bits per heavy atom. The van der Waals surface area contributed by atoms with E-state index < -0.39 is 229 Å². The first-order valence-electron chi connectivity index (χ1n) is 23.0. The predicted octanol–water partition coefficient (Wildman–Crippen LogP) is -12.8. The second-order valence-corrected chi connectivity index (χ2v) is 18.2. The molecular formula is C40H68N2O30. The number of amides is 2. The first-order valence-corrected chi connectivity index (χ1v) is 23.0. The fourth-order valence-electron chi connectivity index (χ4n) is 9.23. The molecule has 6 saturated heterocycles. The van der Waals surface area contributed by atoms with E-state index >= 15 is 0 Å². The minimum absolute atomic E-state index is 0.762. The van der Waals surface area contributed by atoms with Crippen LogP contribution in [-0.4, -0.2) is 316 Å². The molecule has 0 spiro atoms. The van der Waals surface area contributed by atoms with E-state index in [1.165, 1.54) is 6.92 Å². The molecule has 32 nitrogen and oxygen atoms in total. The molecule has 6 heterocycles. The first-order chi connectivity index (χ1) is 34.0. The van der Waals surface area contributed by atoms with Gasteiger partial charge in [0, 0.05) is 13.8 Å². The number of nitrogens with one attached hydrogen (secondary N) is 2. The Balaban J connectivity index is 1.19. The van der Waals surface area contributed by atoms with Crippen LogP contribution >= 0.6 is 0 Å². The zero-order valence-electron chi connectivity index (χ0n) is 38.8. The lowest BCUT2D eigenvalue weighted by Gasteiger charge is -2.49. The number of hydrogen-bond acceptors (Lipinski definition) is 30. The average molecular weight is 1060 g/mol. The van der Waals surface area contributed by atoms with Gasteiger partial charge in [-0.3, -0.25) is 9.59 Å². The maximum Gasteiger partial charge on any atom is 0.217 e. The summed E-state index contributed by atoms with van der Waals surface area (Å²) in [6.45, 7) is -1.20. The summed E-state index contributed by atoms with van der Waals surface area (Å²) in [7, 11) is 0. The molecule has 32 heteroatoms. The molecule has 6 aliphatic rings. The van der Waals surface area contributed by atoms with Crippen molar-refractivity contribution in [1.29, 1.82) is 0 Å². The molecular weight excluding hydrogens is 988 g/mol. The van der Waals surface area contributed by atoms with E-state index in [9.17, 15) is 96.4 Å². The van der Waals surface area contributed by atoms with Crippen LogP contribution in [0.25, 0.3) is 0 Å². The molecule has 6 aliphatic heterocycles. The molecule has 418 valence electrons. The van der Waals surface area contributed by atoms with Gasteiger partial charge in [-0.15, -0.1) is 0 Å². The normalized spacial score (nSPS) is 50.3. The highest BCUT2D eigenvalue weighted by Crippen LogP contribution is 2.36. The Kier molecular flexibility index (Phi) is 20.8. The van der Waals surface area contributed by atoms with Gasteiger partial charge < -0.3 is 150 Å². The lowest BCUT2D eigenvalue weighted by molar-refractivity contribution is -0.386. The van der Waals surface area contributed by atoms with E-state index in [0.717, 1.165) is 13.8 Å². The van der Waals surface area contributed by atoms with Gasteiger partial charge in [-0.2, -0.15) is 0 Å². The van der Waals surface area contributed by atoms with Crippen LogP contribution in [0.15, 0.2) is 0 Å². The van der Waals surface area contributed by atoms with Crippen LogP contribution in [0, 0.1) is 0 Å². The van der Waals surface area contributed by atoms with Crippen molar-refractivity contribution in [3.05, 3.63) is 0 Å². The molecule has 0 aliphatic carbocycles. The van der Waals surface area contributed by atoms with Gasteiger partial charge in [-0.05, 0) is 6.92 Å². The third-order valence-corrected chi connectivity index (χ3v) is 13.2. The Bertz CT molecular complexity index is 1730. The molecule has 0 aromatic rings. The van der Waals surface area contributed by atoms with Gasteiger partial charge in [0.25, 0.3) is 0 Å². The van der Waals surface area contributed by atoms with Gasteiger partial charge in [0.2, 0.25) is 11.8 Å². The van der Waals surface area contributed by atoms with E-state index in [2.05, 4.69) is 10.6 Å². The van der Waals surface area contributed by atoms with E-state index in [1.807, 2.05) is 0 Å². The molecule has 72 heavy (non-hydrogen) atoms. The summed E-state index contributed by atoms with van der Waals surface area (Å²) in [6, 6.07) is -3.29. The maximum absolute atomic E-state index is 12.5. The largest absolute Gasteiger partial charge is 0.394 e. The zero-order valence-corrected chi connectivity index (χ0v) is 38.8. The van der Waals surface area contributed by atoms with Crippen molar-refractivity contribution in [3.8, 4) is 0 Å². The second-order valence-electron chi connectivity index (χ2n) is 18.2. The van der Waals surface area contributed by atoms with Crippen LogP contribution in [0.2, 0.25) is 0 Å². The average Bonchev–Trinajstić information content (AvgIpc) is 3.33. The van der Waals surface area contributed by atoms with Crippen LogP contribution in [0.4, 0.5) is 0 Å². The molecule has 0 bridgehead atoms. The summed E-state index contributed by atoms with van der Waals surface area (Å²) in [5, 5.41) is 187. The second kappa shape index (κ2) is 25.3. The van der Waals surface area contributed by atoms with E-state index in [0.29, 0.717) is 0 Å². The fraction of sp³-hybridized carbons (Fsp3) is 0.950. The number of aliphatic hydroxyl groups excluding tert-OH is 17. The molecule has 6 fully saturated rings. The predicted molar refractivity (Wildman–Crippen MR) is 221 cm³/mol. The molecule has 0 aromatic heterocycles. The number of carbonyl (C=O) groups excluding carboxylic acids is 2. The van der Waals surface area contributed by atoms with Crippen molar-refractivity contribution in [2.45, 2.75) is 205 Å². The topological polar surface area (TPSA) is 504 Å². The summed E-state index contributed by atoms with van der Waals surface area (Å²) in [5.41, 5.74) is 0. The number of hydrogen-bond donors (Lipinski definition) is 19. The molecule has 0 saturated carbocycles. The summed E-state index contributed by atoms with van der Waals surface area (Å²) >= 11 is 0. The highest BCUT2D eigenvalue weighted by atomic mass is 16.8. The van der Waals surface area contributed by atoms with Crippen molar-refractivity contribution >= 4 is 11.8 Å². The Labute approximate surface area is 408 Å². The monoisotopic (exact) mass is 1060 g/mol. The Morgan fingerprint density at radius 3 is 1.42 bits per heavy atom. The molecule has 0 radical (unpaired) electrons. The van der Waals surface area contributed by atoms with E-state index in [1.54, 1.807) is 0 Å². The van der Waals surface area contributed by atoms with Crippen molar-refractivity contribution in [1.82, 2.24) is 10.6 Å². The quantitative estimate of drug-likeness (QED) is 0.0643. The van der Waals surface area contributed by atoms with Gasteiger partial charge in [0.15, 0.2) is 37.7 Å². The minimum atomic E-state index is -2.20. The van der Waals surface area contributed by atoms with Gasteiger partial charge in [-0.25, -0.2) is 0 Å². The summed E-state index contributed by atoms with van der Waals surface area (Å²) in [5.74, 6) is -1.58. The van der Waals surface area contributed by atoms with Gasteiger partial charge in [-0.1, -0.05) is 0 Å². The third-order valence-electron chi connectivity index (χ3n) is 13.2. The lowest BCUT2D eigenvalue weighted by Crippen LogP contribution is -2.69. The van der Waals surface area contributed by atoms with E-state index in [4.69, 9.17) is 52.1 Å². The molecule has 19 N–H and O–H groups in total. The minimum Gasteiger partial charge on any atom is -0.394 e. The smallest absolute Gasteiger partial charge is 0.217 e. The van der Waals surface area contributed by atoms with Crippen LogP contribution in [0.1, 0.15) is 20.8 Å². The summed E-state index contributed by atoms with van der Waals surface area (Å²) < 4.78 is 62.2. The number of aliphatic hydroxyl groups is 17. The molecule has 0 aromatic carbocycles. The zero-order chi connectivity index (χ0) is 53.2. The third kappa shape index (κ3) is 12.6. The van der Waals surface area contributed by atoms with Crippen molar-refractivity contribution in [3.63, 3.8) is 0 Å². The summed E-state index contributed by atoms with van der Waals surface area (Å²) in [4.78, 5) is 24.9. The molecule has 30 atom stereocenters. The van der Waals surface area contributed by atoms with Crippen molar-refractivity contribution < 1.29 is 149 Å². The lowest BCUT2D eigenvalue weighted by atomic mass is 9.94. The van der Waals surface area contributed by atoms with Crippen LogP contribution < -0.4 is 10.6 Å². The Morgan fingerprint density at radius 1 is 0.389 bits per heavy atom. The maximum atomic E-state index is 12.5. The van der Waals surface area contributed by atoms with Crippen molar-refractivity contribution in [2.75, 3.05) is 33.0 Å². The molecule has 0 unspecified atom stereocenters. The highest BCUT2D eigenvalue weighted by molar-refractivity contribution is 5.73. The first kappa shape index (κ1) is 59.1. The number of carbonyl (C=O) groups is 2. The SMILES string of the molecule is CC(=O)N[C@H]1[C@H](O[C@H]2[C@@H](O)[C@@H](CO)O[C@H](O[C@@H]3[C@H](O)[C@@H](O)[C@H](O[C@H]4[C@H](O)[C@@H](O)[C@H](O)O[C@@H]4CO)O[C@@H]3CO)[C@@H]2O)O[C@H](CO[C@@H]2O[C@H](CO)[C@@H](O)[C@H](O[C@H]3[C@H](O)[C@H](O)[C@H](C)O[C@H]3O)[C@H]2NC(C)=O)[C@H](O)[C@@H]1O. The van der Waals surface area contributed by atoms with Gasteiger partial charge >= 0.3 is 0 Å². The van der Waals surface area contributed by atoms with Crippen LogP contribution in [-0.2, 0) is 61.7 Å². The molecule has 6 rings (SSSR count). The van der Waals surface area contributed by atoms with E-state index in [-0.39, 0.29) is 0 Å². The van der Waals surface area contributed by atoms with Crippen LogP contribution in [0.5, 0.6) is 0 Å². The highest BCUT2D eigenvalue weighted by Gasteiger charge is 2.57. The summed E-state index contributed by atoms with van der Waals surface area (Å²) in [6.07, 6.45) is -51.2. The van der Waals surface area contributed by atoms with Gasteiger partial charge in [0.05, 0.1) is 39.1 Å². The Hall–Kier alpha value is -2.18. The van der Waals surface area contributed by atoms with Gasteiger partial charge in [0.1, 0.15) is 140 Å². The molecule has 2 amide bonds. The van der Waals surface area contributed by atoms with Crippen molar-refractivity contribution in [2.24, 2.45) is 0 Å². The number of rotatable bonds is 17. The number of ether oxygens (including phenoxy) is 11. The van der Waals surface area contributed by atoms with Crippen LogP contribution in [0.3, 0.4) is 0 Å².